The molecule has 3 radical (unpaired) electrons. The van der Waals surface area contributed by atoms with E-state index in [-0.39, 0.29) is 61.3 Å². The van der Waals surface area contributed by atoms with Gasteiger partial charge in [-0.25, -0.2) is 0 Å². The normalized spacial score (nSPS) is 10.3. The van der Waals surface area contributed by atoms with E-state index >= 15 is 0 Å². The van der Waals surface area contributed by atoms with Crippen molar-refractivity contribution in [1.29, 1.82) is 0 Å². The fourth-order valence-electron chi connectivity index (χ4n) is 2.74. The molecule has 0 aromatic rings. The van der Waals surface area contributed by atoms with E-state index in [1.807, 2.05) is 0 Å². The average Bonchev–Trinajstić information content (AvgIpc) is 2.85. The second-order valence-corrected chi connectivity index (χ2v) is 9.67. The van der Waals surface area contributed by atoms with Crippen LogP contribution in [0, 0.1) is 0 Å². The van der Waals surface area contributed by atoms with Gasteiger partial charge < -0.3 is 139 Å². The molecule has 0 rings (SSSR count). The largest absolute Gasteiger partial charge is 0.550 e. The van der Waals surface area contributed by atoms with E-state index in [9.17, 15) is 119 Å². The topological polar surface area (TPSA) is 562 Å². The minimum Gasteiger partial charge on any atom is -0.550 e. The molecular formula is C24H20O28Re3-12. The van der Waals surface area contributed by atoms with Crippen LogP contribution in [0.3, 0.4) is 0 Å². The minimum absolute atomic E-state index is 0. The molecule has 0 aliphatic carbocycles. The van der Waals surface area contributed by atoms with E-state index in [4.69, 9.17) is 20.4 Å². The second kappa shape index (κ2) is 28.8. The van der Waals surface area contributed by atoms with Crippen molar-refractivity contribution >= 4 is 71.6 Å². The summed E-state index contributed by atoms with van der Waals surface area (Å²) in [4.78, 5) is 120. The van der Waals surface area contributed by atoms with Gasteiger partial charge in [-0.1, -0.05) is 0 Å². The Morgan fingerprint density at radius 1 is 0.255 bits per heavy atom. The number of aliphatic hydroxyl groups is 4. The van der Waals surface area contributed by atoms with E-state index in [1.54, 1.807) is 0 Å². The van der Waals surface area contributed by atoms with Gasteiger partial charge >= 0.3 is 0 Å². The van der Waals surface area contributed by atoms with Crippen LogP contribution in [0.5, 0.6) is 0 Å². The fraction of sp³-hybridized carbons (Fsp3) is 0.500. The third kappa shape index (κ3) is 31.5. The molecule has 28 nitrogen and oxygen atoms in total. The van der Waals surface area contributed by atoms with Crippen LogP contribution in [0.4, 0.5) is 0 Å². The van der Waals surface area contributed by atoms with Crippen molar-refractivity contribution in [2.45, 2.75) is 73.8 Å². The van der Waals surface area contributed by atoms with Crippen LogP contribution in [-0.4, -0.2) is 114 Å². The molecule has 0 aromatic heterocycles. The molecule has 0 bridgehead atoms. The van der Waals surface area contributed by atoms with Gasteiger partial charge in [-0.2, -0.15) is 0 Å². The van der Waals surface area contributed by atoms with Crippen LogP contribution in [0.2, 0.25) is 0 Å². The Hall–Kier alpha value is -4.53. The molecule has 0 spiro atoms. The number of hydrogen-bond donors (Lipinski definition) is 4. The summed E-state index contributed by atoms with van der Waals surface area (Å²) < 4.78 is 0. The monoisotopic (exact) mass is 1320 g/mol. The molecule has 0 saturated carbocycles. The number of carboxylic acids is 12. The Kier molecular flexibility index (Phi) is 34.3. The first kappa shape index (κ1) is 65.4. The van der Waals surface area contributed by atoms with Crippen LogP contribution in [0.15, 0.2) is 0 Å². The van der Waals surface area contributed by atoms with Gasteiger partial charge in [-0.15, -0.1) is 0 Å². The summed E-state index contributed by atoms with van der Waals surface area (Å²) in [6.07, 6.45) is -10.9. The Balaban J connectivity index is -0.000000110. The van der Waals surface area contributed by atoms with Crippen molar-refractivity contribution in [2.75, 3.05) is 0 Å². The van der Waals surface area contributed by atoms with E-state index in [0.29, 0.717) is 0 Å². The maximum Gasteiger partial charge on any atom is 0.114 e. The van der Waals surface area contributed by atoms with Crippen LogP contribution >= 0.6 is 0 Å². The van der Waals surface area contributed by atoms with E-state index < -0.39 is 145 Å². The Morgan fingerprint density at radius 3 is 0.364 bits per heavy atom. The second-order valence-electron chi connectivity index (χ2n) is 9.67. The number of carbonyl (C=O) groups is 12. The molecule has 0 amide bonds. The molecule has 0 fully saturated rings. The molecule has 0 atom stereocenters. The van der Waals surface area contributed by atoms with Gasteiger partial charge in [-0.05, 0) is 0 Å². The van der Waals surface area contributed by atoms with E-state index in [1.165, 1.54) is 0 Å². The van der Waals surface area contributed by atoms with Crippen molar-refractivity contribution < 1.29 is 201 Å². The molecule has 317 valence electrons. The third-order valence-electron chi connectivity index (χ3n) is 5.01. The molecule has 0 heterocycles. The van der Waals surface area contributed by atoms with Gasteiger partial charge in [0, 0.05) is 160 Å². The third-order valence-corrected chi connectivity index (χ3v) is 5.01. The Bertz CT molecular complexity index is 1130. The van der Waals surface area contributed by atoms with Crippen LogP contribution in [-0.2, 0) is 119 Å². The van der Waals surface area contributed by atoms with Gasteiger partial charge in [0.1, 0.15) is 22.4 Å². The summed E-state index contributed by atoms with van der Waals surface area (Å²) in [5.74, 6) is -23.9. The fourth-order valence-corrected chi connectivity index (χ4v) is 2.74. The molecule has 0 aliphatic rings. The first-order valence-electron chi connectivity index (χ1n) is 12.5. The molecule has 0 aliphatic heterocycles. The molecule has 55 heavy (non-hydrogen) atoms. The van der Waals surface area contributed by atoms with Crippen LogP contribution < -0.4 is 61.3 Å². The zero-order valence-electron chi connectivity index (χ0n) is 26.4. The molecule has 0 saturated heterocycles. The maximum absolute atomic E-state index is 10.1. The number of aliphatic carboxylic acids is 12. The minimum atomic E-state index is -2.97. The summed E-state index contributed by atoms with van der Waals surface area (Å²) in [5, 5.41) is 156. The predicted octanol–water partition coefficient (Wildman–Crippen LogP) is -21.0. The van der Waals surface area contributed by atoms with Gasteiger partial charge in [0.05, 0.1) is 23.9 Å². The van der Waals surface area contributed by atoms with Gasteiger partial charge in [-0.3, -0.25) is 0 Å². The number of carboxylic acid groups (broad SMARTS) is 12. The molecule has 0 aromatic carbocycles. The quantitative estimate of drug-likeness (QED) is 0.0879. The Morgan fingerprint density at radius 2 is 0.327 bits per heavy atom. The van der Waals surface area contributed by atoms with Crippen molar-refractivity contribution in [1.82, 2.24) is 0 Å². The smallest absolute Gasteiger partial charge is 0.114 e. The first-order chi connectivity index (χ1) is 23.1. The maximum atomic E-state index is 10.1. The summed E-state index contributed by atoms with van der Waals surface area (Å²) in [6, 6.07) is 0. The number of rotatable bonds is 20. The first-order valence-corrected chi connectivity index (χ1v) is 12.5. The molecular weight excluding hydrogens is 1290 g/mol. The summed E-state index contributed by atoms with van der Waals surface area (Å²) >= 11 is 0. The van der Waals surface area contributed by atoms with E-state index in [0.717, 1.165) is 0 Å². The zero-order chi connectivity index (χ0) is 42.6. The van der Waals surface area contributed by atoms with Crippen molar-refractivity contribution in [3.63, 3.8) is 0 Å². The van der Waals surface area contributed by atoms with Gasteiger partial charge in [0.25, 0.3) is 0 Å². The SMILES string of the molecule is O=C([O-])CC(O)(CC(=O)[O-])C(=O)[O-].O=C([O-])CC(O)(CC(=O)[O-])C(=O)[O-].O=C([O-])CC(O)(CC(=O)[O-])C(=O)[O-].O=C([O-])CC(O)(CC(=O)[O-])C(=O)[O-].[Re].[Re].[Re]. The number of carbonyl (C=O) groups excluding carboxylic acids is 12. The molecule has 0 unspecified atom stereocenters. The standard InChI is InChI=1S/4C6H8O7.3Re/c4*7-3(8)1-6(13,5(11)12)2-4(9)10;;;/h4*13H,1-2H2,(H,7,8)(H,9,10)(H,11,12);;;/p-12. The van der Waals surface area contributed by atoms with Gasteiger partial charge in [0.2, 0.25) is 0 Å². The van der Waals surface area contributed by atoms with Crippen molar-refractivity contribution in [3.8, 4) is 0 Å². The Labute approximate surface area is 344 Å². The summed E-state index contributed by atoms with van der Waals surface area (Å²) in [5.41, 5.74) is -11.9. The van der Waals surface area contributed by atoms with E-state index in [2.05, 4.69) is 0 Å². The van der Waals surface area contributed by atoms with Crippen molar-refractivity contribution in [2.24, 2.45) is 0 Å². The molecule has 31 heteroatoms. The molecule has 4 N–H and O–H groups in total. The summed E-state index contributed by atoms with van der Waals surface area (Å²) in [6.45, 7) is 0. The van der Waals surface area contributed by atoms with Gasteiger partial charge in [0.15, 0.2) is 0 Å². The average molecular weight is 1320 g/mol. The van der Waals surface area contributed by atoms with Crippen molar-refractivity contribution in [3.05, 3.63) is 0 Å². The zero-order valence-corrected chi connectivity index (χ0v) is 34.5. The van der Waals surface area contributed by atoms with Crippen LogP contribution in [0.1, 0.15) is 51.4 Å². The number of hydrogen-bond acceptors (Lipinski definition) is 28. The summed E-state index contributed by atoms with van der Waals surface area (Å²) in [7, 11) is 0. The van der Waals surface area contributed by atoms with Crippen LogP contribution in [0.25, 0.3) is 0 Å². The predicted molar refractivity (Wildman–Crippen MR) is 117 cm³/mol.